The molecule has 0 spiro atoms. The highest BCUT2D eigenvalue weighted by Gasteiger charge is 2.52. The Hall–Kier alpha value is -7.14. The second-order valence-electron chi connectivity index (χ2n) is 23.9. The number of nitrogens with zero attached hydrogens (tertiary/aromatic N) is 2. The minimum Gasteiger partial charge on any atom is -0.311 e. The van der Waals surface area contributed by atoms with Crippen LogP contribution in [0.5, 0.6) is 0 Å². The van der Waals surface area contributed by atoms with Gasteiger partial charge in [0.1, 0.15) is 0 Å². The summed E-state index contributed by atoms with van der Waals surface area (Å²) >= 11 is 0. The van der Waals surface area contributed by atoms with Gasteiger partial charge in [-0.15, -0.1) is 0 Å². The lowest BCUT2D eigenvalue weighted by Gasteiger charge is -2.45. The Kier molecular flexibility index (Phi) is 10.5. The third-order valence-corrected chi connectivity index (χ3v) is 21.1. The van der Waals surface area contributed by atoms with Gasteiger partial charge in [0.25, 0.3) is 6.71 Å². The van der Waals surface area contributed by atoms with E-state index in [1.807, 2.05) is 0 Å². The van der Waals surface area contributed by atoms with Crippen molar-refractivity contribution in [3.8, 4) is 22.3 Å². The Labute approximate surface area is 430 Å². The zero-order valence-electron chi connectivity index (χ0n) is 43.9. The molecule has 3 heterocycles. The van der Waals surface area contributed by atoms with Crippen LogP contribution in [-0.2, 0) is 16.2 Å². The summed E-state index contributed by atoms with van der Waals surface area (Å²) in [6.07, 6.45) is 0. The zero-order chi connectivity index (χ0) is 50.1. The Morgan fingerprint density at radius 3 is 1.38 bits per heavy atom. The smallest absolute Gasteiger partial charge is 0.252 e. The Morgan fingerprint density at radius 2 is 0.847 bits per heavy atom. The van der Waals surface area contributed by atoms with Gasteiger partial charge in [0, 0.05) is 34.1 Å². The molecule has 0 fully saturated rings. The van der Waals surface area contributed by atoms with Gasteiger partial charge in [-0.2, -0.15) is 0 Å². The van der Waals surface area contributed by atoms with Gasteiger partial charge in [0.15, 0.2) is 8.07 Å². The van der Waals surface area contributed by atoms with E-state index in [4.69, 9.17) is 0 Å². The molecular weight excluding hydrogens is 884 g/mol. The molecule has 72 heavy (non-hydrogen) atoms. The molecule has 0 saturated heterocycles. The standard InChI is InChI=1S/C68H65BN2Si/c1-44-21-20-22-45(2)64(44)46-39-60-65-61(40-46)71(51-36-31-48(32-37-51)67(6,7)8)59-42-55-54-27-18-19-28-62(54)72(52-23-14-12-15-24-52,53-25-16-13-17-26-53)63(55)43-57(59)69(65)56-41-49(68(9,10)11)33-38-58(56)70(60)50-34-29-47(30-35-50)66(3,4)5/h12-43H,1-11H3. The third-order valence-electron chi connectivity index (χ3n) is 16.3. The van der Waals surface area contributed by atoms with E-state index in [2.05, 4.69) is 280 Å². The van der Waals surface area contributed by atoms with Crippen LogP contribution in [0.2, 0.25) is 0 Å². The number of fused-ring (bicyclic) bond motifs is 7. The summed E-state index contributed by atoms with van der Waals surface area (Å²) in [7, 11) is -2.86. The van der Waals surface area contributed by atoms with Crippen molar-refractivity contribution in [2.75, 3.05) is 9.80 Å². The summed E-state index contributed by atoms with van der Waals surface area (Å²) in [5.74, 6) is 0. The fourth-order valence-corrected chi connectivity index (χ4v) is 17.8. The fraction of sp³-hybridized carbons (Fsp3) is 0.206. The largest absolute Gasteiger partial charge is 0.311 e. The molecule has 0 unspecified atom stereocenters. The maximum Gasteiger partial charge on any atom is 0.252 e. The topological polar surface area (TPSA) is 6.48 Å². The van der Waals surface area contributed by atoms with Crippen molar-refractivity contribution in [1.29, 1.82) is 0 Å². The Morgan fingerprint density at radius 1 is 0.375 bits per heavy atom. The van der Waals surface area contributed by atoms with Crippen molar-refractivity contribution in [3.63, 3.8) is 0 Å². The number of anilines is 6. The van der Waals surface area contributed by atoms with Crippen molar-refractivity contribution in [2.45, 2.75) is 92.4 Å². The highest BCUT2D eigenvalue weighted by Crippen LogP contribution is 2.48. The van der Waals surface area contributed by atoms with Crippen molar-refractivity contribution in [1.82, 2.24) is 0 Å². The van der Waals surface area contributed by atoms with E-state index in [0.29, 0.717) is 0 Å². The first kappa shape index (κ1) is 46.0. The van der Waals surface area contributed by atoms with Gasteiger partial charge in [0.05, 0.1) is 0 Å². The minimum absolute atomic E-state index is 0.00968. The highest BCUT2D eigenvalue weighted by molar-refractivity contribution is 7.22. The van der Waals surface area contributed by atoms with Gasteiger partial charge in [0.2, 0.25) is 0 Å². The molecule has 4 heteroatoms. The second kappa shape index (κ2) is 16.4. The zero-order valence-corrected chi connectivity index (χ0v) is 44.9. The molecular formula is C68H65BN2Si. The molecule has 2 nitrogen and oxygen atoms in total. The molecule has 354 valence electrons. The van der Waals surface area contributed by atoms with Crippen LogP contribution in [0, 0.1) is 13.8 Å². The lowest BCUT2D eigenvalue weighted by Crippen LogP contribution is -2.73. The molecule has 0 bridgehead atoms. The van der Waals surface area contributed by atoms with Crippen LogP contribution in [0.25, 0.3) is 22.3 Å². The van der Waals surface area contributed by atoms with Crippen LogP contribution >= 0.6 is 0 Å². The Balaban J connectivity index is 1.25. The first-order valence-electron chi connectivity index (χ1n) is 26.0. The van der Waals surface area contributed by atoms with E-state index in [-0.39, 0.29) is 23.0 Å². The maximum atomic E-state index is 2.71. The van der Waals surface area contributed by atoms with Crippen molar-refractivity contribution >= 4 is 86.0 Å². The lowest BCUT2D eigenvalue weighted by molar-refractivity contribution is 0.590. The summed E-state index contributed by atoms with van der Waals surface area (Å²) in [4.78, 5) is 5.24. The summed E-state index contributed by atoms with van der Waals surface area (Å²) in [5.41, 5.74) is 23.1. The minimum atomic E-state index is -2.86. The van der Waals surface area contributed by atoms with E-state index in [9.17, 15) is 0 Å². The normalized spacial score (nSPS) is 14.3. The molecule has 0 saturated carbocycles. The van der Waals surface area contributed by atoms with Crippen LogP contribution in [0.15, 0.2) is 194 Å². The average molecular weight is 949 g/mol. The first-order chi connectivity index (χ1) is 34.4. The van der Waals surface area contributed by atoms with Gasteiger partial charge in [-0.1, -0.05) is 208 Å². The second-order valence-corrected chi connectivity index (χ2v) is 27.6. The molecule has 0 aliphatic carbocycles. The number of rotatable bonds is 5. The van der Waals surface area contributed by atoms with Gasteiger partial charge in [-0.25, -0.2) is 0 Å². The van der Waals surface area contributed by atoms with Crippen LogP contribution in [0.3, 0.4) is 0 Å². The number of hydrogen-bond acceptors (Lipinski definition) is 2. The van der Waals surface area contributed by atoms with E-state index in [0.717, 1.165) is 0 Å². The number of hydrogen-bond donors (Lipinski definition) is 0. The quantitative estimate of drug-likeness (QED) is 0.159. The Bertz CT molecular complexity index is 3530. The predicted octanol–water partition coefficient (Wildman–Crippen LogP) is 13.3. The third kappa shape index (κ3) is 7.04. The van der Waals surface area contributed by atoms with Crippen molar-refractivity contribution < 1.29 is 0 Å². The summed E-state index contributed by atoms with van der Waals surface area (Å²) in [6, 6.07) is 75.8. The molecule has 0 N–H and O–H groups in total. The summed E-state index contributed by atoms with van der Waals surface area (Å²) < 4.78 is 0. The molecule has 3 aliphatic heterocycles. The first-order valence-corrected chi connectivity index (χ1v) is 28.0. The van der Waals surface area contributed by atoms with Crippen LogP contribution in [0.1, 0.15) is 90.1 Å². The van der Waals surface area contributed by atoms with Crippen LogP contribution in [-0.4, -0.2) is 14.8 Å². The van der Waals surface area contributed by atoms with Crippen molar-refractivity contribution in [2.24, 2.45) is 0 Å². The monoisotopic (exact) mass is 949 g/mol. The molecule has 0 amide bonds. The summed E-state index contributed by atoms with van der Waals surface area (Å²) in [6.45, 7) is 25.4. The van der Waals surface area contributed by atoms with E-state index >= 15 is 0 Å². The van der Waals surface area contributed by atoms with Crippen LogP contribution in [0.4, 0.5) is 34.1 Å². The lowest BCUT2D eigenvalue weighted by atomic mass is 9.33. The van der Waals surface area contributed by atoms with E-state index in [1.54, 1.807) is 0 Å². The van der Waals surface area contributed by atoms with E-state index < -0.39 is 8.07 Å². The molecule has 9 aromatic carbocycles. The van der Waals surface area contributed by atoms with Gasteiger partial charge in [-0.05, 0) is 166 Å². The SMILES string of the molecule is Cc1cccc(C)c1-c1cc2c3c(c1)N(c1ccc(C(C)(C)C)cc1)c1cc4c(cc1B3c1cc(C(C)(C)C)ccc1N2c1ccc(C(C)(C)C)cc1)[Si](c1ccccc1)(c1ccccc1)c1ccccc1-4. The van der Waals surface area contributed by atoms with E-state index in [1.165, 1.54) is 121 Å². The number of benzene rings is 9. The average Bonchev–Trinajstić information content (AvgIpc) is 3.65. The highest BCUT2D eigenvalue weighted by atomic mass is 28.3. The summed E-state index contributed by atoms with van der Waals surface area (Å²) in [5, 5.41) is 5.75. The predicted molar refractivity (Wildman–Crippen MR) is 314 cm³/mol. The molecule has 9 aromatic rings. The molecule has 12 rings (SSSR count). The molecule has 0 aromatic heterocycles. The maximum absolute atomic E-state index is 2.86. The molecule has 3 aliphatic rings. The van der Waals surface area contributed by atoms with Gasteiger partial charge < -0.3 is 9.80 Å². The molecule has 0 radical (unpaired) electrons. The number of aryl methyl sites for hydroxylation is 2. The van der Waals surface area contributed by atoms with Gasteiger partial charge in [-0.3, -0.25) is 0 Å². The van der Waals surface area contributed by atoms with Gasteiger partial charge >= 0.3 is 0 Å². The van der Waals surface area contributed by atoms with Crippen LogP contribution < -0.4 is 46.9 Å². The molecule has 0 atom stereocenters. The fourth-order valence-electron chi connectivity index (χ4n) is 12.6. The van der Waals surface area contributed by atoms with Crippen molar-refractivity contribution in [3.05, 3.63) is 222 Å².